The van der Waals surface area contributed by atoms with Gasteiger partial charge in [0.15, 0.2) is 5.96 Å². The molecule has 1 aliphatic rings. The number of guanidine groups is 1. The van der Waals surface area contributed by atoms with Crippen LogP contribution in [-0.2, 0) is 19.5 Å². The minimum atomic E-state index is -0.204. The number of aryl methyl sites for hydroxylation is 1. The second kappa shape index (κ2) is 8.01. The highest BCUT2D eigenvalue weighted by Gasteiger charge is 2.13. The van der Waals surface area contributed by atoms with Crippen LogP contribution in [0.25, 0.3) is 0 Å². The molecule has 2 aromatic rings. The fraction of sp³-hybridized carbons (Fsp3) is 0.350. The molecule has 0 saturated carbocycles. The molecule has 0 aromatic heterocycles. The summed E-state index contributed by atoms with van der Waals surface area (Å²) in [6.45, 7) is 2.21. The van der Waals surface area contributed by atoms with Crippen molar-refractivity contribution < 1.29 is 4.39 Å². The fourth-order valence-corrected chi connectivity index (χ4v) is 3.18. The van der Waals surface area contributed by atoms with Crippen molar-refractivity contribution in [3.63, 3.8) is 0 Å². The van der Waals surface area contributed by atoms with Gasteiger partial charge in [-0.3, -0.25) is 4.99 Å². The van der Waals surface area contributed by atoms with E-state index in [4.69, 9.17) is 0 Å². The zero-order chi connectivity index (χ0) is 17.6. The van der Waals surface area contributed by atoms with Crippen molar-refractivity contribution in [2.24, 2.45) is 4.99 Å². The Morgan fingerprint density at radius 1 is 1.16 bits per heavy atom. The monoisotopic (exact) mass is 340 g/mol. The summed E-state index contributed by atoms with van der Waals surface area (Å²) >= 11 is 0. The number of rotatable bonds is 4. The number of nitrogens with one attached hydrogen (secondary N) is 2. The Kier molecular flexibility index (Phi) is 5.53. The summed E-state index contributed by atoms with van der Waals surface area (Å²) < 4.78 is 13.7. The van der Waals surface area contributed by atoms with Gasteiger partial charge in [0.05, 0.1) is 0 Å². The molecule has 0 aliphatic carbocycles. The predicted molar refractivity (Wildman–Crippen MR) is 101 cm³/mol. The predicted octanol–water partition coefficient (Wildman–Crippen LogP) is 3.07. The van der Waals surface area contributed by atoms with Crippen molar-refractivity contribution in [1.29, 1.82) is 0 Å². The fourth-order valence-electron chi connectivity index (χ4n) is 3.18. The Morgan fingerprint density at radius 3 is 2.76 bits per heavy atom. The standard InChI is InChI=1S/C20H25FN4/c1-22-20(24-14-17-6-3-4-8-18(17)21)23-13-15-9-10-19-16(12-15)7-5-11-25(19)2/h3-4,6,8-10,12H,5,7,11,13-14H2,1-2H3,(H2,22,23,24). The first-order valence-corrected chi connectivity index (χ1v) is 8.68. The van der Waals surface area contributed by atoms with Crippen LogP contribution >= 0.6 is 0 Å². The average Bonchev–Trinajstić information content (AvgIpc) is 2.63. The van der Waals surface area contributed by atoms with Gasteiger partial charge in [0.2, 0.25) is 0 Å². The molecular weight excluding hydrogens is 315 g/mol. The molecule has 2 N–H and O–H groups in total. The smallest absolute Gasteiger partial charge is 0.191 e. The van der Waals surface area contributed by atoms with Crippen molar-refractivity contribution in [3.8, 4) is 0 Å². The Balaban J connectivity index is 1.57. The minimum Gasteiger partial charge on any atom is -0.374 e. The van der Waals surface area contributed by atoms with Gasteiger partial charge in [-0.1, -0.05) is 30.3 Å². The van der Waals surface area contributed by atoms with E-state index in [1.165, 1.54) is 29.3 Å². The normalized spacial score (nSPS) is 14.2. The van der Waals surface area contributed by atoms with Gasteiger partial charge in [-0.05, 0) is 36.1 Å². The number of hydrogen-bond acceptors (Lipinski definition) is 2. The highest BCUT2D eigenvalue weighted by atomic mass is 19.1. The maximum absolute atomic E-state index is 13.7. The molecule has 3 rings (SSSR count). The Morgan fingerprint density at radius 2 is 1.96 bits per heavy atom. The second-order valence-corrected chi connectivity index (χ2v) is 6.36. The number of anilines is 1. The molecule has 0 radical (unpaired) electrons. The van der Waals surface area contributed by atoms with Crippen LogP contribution in [0.5, 0.6) is 0 Å². The lowest BCUT2D eigenvalue weighted by atomic mass is 9.99. The van der Waals surface area contributed by atoms with E-state index < -0.39 is 0 Å². The zero-order valence-electron chi connectivity index (χ0n) is 14.8. The quantitative estimate of drug-likeness (QED) is 0.664. The molecule has 0 unspecified atom stereocenters. The van der Waals surface area contributed by atoms with E-state index in [1.807, 2.05) is 6.07 Å². The lowest BCUT2D eigenvalue weighted by molar-refractivity contribution is 0.604. The van der Waals surface area contributed by atoms with E-state index in [9.17, 15) is 4.39 Å². The highest BCUT2D eigenvalue weighted by molar-refractivity contribution is 5.79. The van der Waals surface area contributed by atoms with Crippen LogP contribution < -0.4 is 15.5 Å². The summed E-state index contributed by atoms with van der Waals surface area (Å²) in [4.78, 5) is 6.52. The van der Waals surface area contributed by atoms with Gasteiger partial charge in [-0.2, -0.15) is 0 Å². The van der Waals surface area contributed by atoms with Crippen molar-refractivity contribution in [3.05, 3.63) is 65.0 Å². The summed E-state index contributed by atoms with van der Waals surface area (Å²) in [7, 11) is 3.86. The minimum absolute atomic E-state index is 0.204. The van der Waals surface area contributed by atoms with Gasteiger partial charge in [-0.25, -0.2) is 4.39 Å². The first kappa shape index (κ1) is 17.3. The van der Waals surface area contributed by atoms with Gasteiger partial charge < -0.3 is 15.5 Å². The molecule has 0 atom stereocenters. The molecular formula is C20H25FN4. The summed E-state index contributed by atoms with van der Waals surface area (Å²) in [5.74, 6) is 0.461. The van der Waals surface area contributed by atoms with E-state index >= 15 is 0 Å². The van der Waals surface area contributed by atoms with Crippen molar-refractivity contribution in [1.82, 2.24) is 10.6 Å². The molecule has 5 heteroatoms. The zero-order valence-corrected chi connectivity index (χ0v) is 14.8. The lowest BCUT2D eigenvalue weighted by Crippen LogP contribution is -2.36. The molecule has 0 amide bonds. The second-order valence-electron chi connectivity index (χ2n) is 6.36. The van der Waals surface area contributed by atoms with Gasteiger partial charge >= 0.3 is 0 Å². The number of halogens is 1. The van der Waals surface area contributed by atoms with E-state index in [2.05, 4.69) is 45.8 Å². The number of fused-ring (bicyclic) bond motifs is 1. The van der Waals surface area contributed by atoms with Crippen LogP contribution in [0.15, 0.2) is 47.5 Å². The highest BCUT2D eigenvalue weighted by Crippen LogP contribution is 2.26. The van der Waals surface area contributed by atoms with E-state index in [-0.39, 0.29) is 5.82 Å². The summed E-state index contributed by atoms with van der Waals surface area (Å²) in [5.41, 5.74) is 4.59. The van der Waals surface area contributed by atoms with Crippen molar-refractivity contribution >= 4 is 11.6 Å². The van der Waals surface area contributed by atoms with Gasteiger partial charge in [0, 0.05) is 45.0 Å². The SMILES string of the molecule is CN=C(NCc1ccc2c(c1)CCCN2C)NCc1ccccc1F. The number of hydrogen-bond donors (Lipinski definition) is 2. The molecule has 0 fully saturated rings. The first-order chi connectivity index (χ1) is 12.2. The van der Waals surface area contributed by atoms with Crippen LogP contribution in [0.1, 0.15) is 23.1 Å². The maximum atomic E-state index is 13.7. The Labute approximate surface area is 148 Å². The molecule has 0 saturated heterocycles. The third-order valence-corrected chi connectivity index (χ3v) is 4.58. The number of benzene rings is 2. The number of aliphatic imine (C=N–C) groups is 1. The average molecular weight is 340 g/mol. The number of nitrogens with zero attached hydrogens (tertiary/aromatic N) is 2. The topological polar surface area (TPSA) is 39.7 Å². The third kappa shape index (κ3) is 4.29. The third-order valence-electron chi connectivity index (χ3n) is 4.58. The molecule has 1 heterocycles. The van der Waals surface area contributed by atoms with Crippen molar-refractivity contribution in [2.75, 3.05) is 25.5 Å². The summed E-state index contributed by atoms with van der Waals surface area (Å²) in [6.07, 6.45) is 2.33. The molecule has 4 nitrogen and oxygen atoms in total. The van der Waals surface area contributed by atoms with Gasteiger partial charge in [-0.15, -0.1) is 0 Å². The molecule has 1 aliphatic heterocycles. The molecule has 2 aromatic carbocycles. The van der Waals surface area contributed by atoms with Crippen molar-refractivity contribution in [2.45, 2.75) is 25.9 Å². The van der Waals surface area contributed by atoms with E-state index in [0.717, 1.165) is 13.0 Å². The Bertz CT molecular complexity index is 757. The van der Waals surface area contributed by atoms with Gasteiger partial charge in [0.1, 0.15) is 5.82 Å². The molecule has 0 spiro atoms. The van der Waals surface area contributed by atoms with Gasteiger partial charge in [0.25, 0.3) is 0 Å². The van der Waals surface area contributed by atoms with Crippen LogP contribution in [0.3, 0.4) is 0 Å². The van der Waals surface area contributed by atoms with Crippen LogP contribution in [0.2, 0.25) is 0 Å². The maximum Gasteiger partial charge on any atom is 0.191 e. The van der Waals surface area contributed by atoms with E-state index in [0.29, 0.717) is 24.6 Å². The summed E-state index contributed by atoms with van der Waals surface area (Å²) in [6, 6.07) is 13.4. The van der Waals surface area contributed by atoms with Crippen LogP contribution in [-0.4, -0.2) is 26.6 Å². The largest absolute Gasteiger partial charge is 0.374 e. The first-order valence-electron chi connectivity index (χ1n) is 8.68. The molecule has 0 bridgehead atoms. The van der Waals surface area contributed by atoms with E-state index in [1.54, 1.807) is 19.2 Å². The lowest BCUT2D eigenvalue weighted by Gasteiger charge is -2.28. The summed E-state index contributed by atoms with van der Waals surface area (Å²) in [5, 5.41) is 6.45. The molecule has 132 valence electrons. The molecule has 25 heavy (non-hydrogen) atoms. The Hall–Kier alpha value is -2.56. The van der Waals surface area contributed by atoms with Crippen LogP contribution in [0, 0.1) is 5.82 Å². The van der Waals surface area contributed by atoms with Crippen LogP contribution in [0.4, 0.5) is 10.1 Å².